The molecule has 0 radical (unpaired) electrons. The molecule has 25 heavy (non-hydrogen) atoms. The van der Waals surface area contributed by atoms with Gasteiger partial charge >= 0.3 is 6.18 Å². The summed E-state index contributed by atoms with van der Waals surface area (Å²) in [5.41, 5.74) is 0.323. The van der Waals surface area contributed by atoms with Crippen LogP contribution in [0, 0.1) is 13.8 Å². The Bertz CT molecular complexity index is 954. The van der Waals surface area contributed by atoms with Gasteiger partial charge in [0.2, 0.25) is 0 Å². The summed E-state index contributed by atoms with van der Waals surface area (Å²) in [5, 5.41) is 8.02. The van der Waals surface area contributed by atoms with Gasteiger partial charge in [0.05, 0.1) is 29.1 Å². The van der Waals surface area contributed by atoms with Crippen LogP contribution in [0.15, 0.2) is 45.7 Å². The number of rotatable bonds is 3. The zero-order valence-corrected chi connectivity index (χ0v) is 13.5. The maximum atomic E-state index is 13.1. The summed E-state index contributed by atoms with van der Waals surface area (Å²) in [6.07, 6.45) is -4.50. The highest BCUT2D eigenvalue weighted by molar-refractivity contribution is 5.62. The van der Waals surface area contributed by atoms with E-state index in [0.29, 0.717) is 22.7 Å². The molecule has 3 aromatic rings. The van der Waals surface area contributed by atoms with Crippen LogP contribution < -0.4 is 5.56 Å². The Kier molecular flexibility index (Phi) is 4.20. The molecule has 0 aliphatic carbocycles. The molecule has 0 unspecified atom stereocenters. The van der Waals surface area contributed by atoms with Crippen molar-refractivity contribution >= 4 is 0 Å². The van der Waals surface area contributed by atoms with Gasteiger partial charge in [0.15, 0.2) is 0 Å². The second kappa shape index (κ2) is 6.19. The van der Waals surface area contributed by atoms with Crippen LogP contribution in [-0.4, -0.2) is 14.9 Å². The first-order chi connectivity index (χ1) is 11.8. The first-order valence-corrected chi connectivity index (χ1v) is 7.44. The second-order valence-corrected chi connectivity index (χ2v) is 5.57. The first kappa shape index (κ1) is 16.9. The fourth-order valence-corrected chi connectivity index (χ4v) is 2.64. The maximum Gasteiger partial charge on any atom is 0.416 e. The molecule has 0 amide bonds. The minimum Gasteiger partial charge on any atom is -0.361 e. The summed E-state index contributed by atoms with van der Waals surface area (Å²) in [7, 11) is 0. The first-order valence-electron chi connectivity index (χ1n) is 7.44. The van der Waals surface area contributed by atoms with Crippen LogP contribution in [0.1, 0.15) is 22.6 Å². The van der Waals surface area contributed by atoms with Gasteiger partial charge in [-0.3, -0.25) is 4.79 Å². The monoisotopic (exact) mass is 349 g/mol. The Balaban J connectivity index is 2.06. The average Bonchev–Trinajstić information content (AvgIpc) is 2.88. The number of aryl methyl sites for hydroxylation is 2. The summed E-state index contributed by atoms with van der Waals surface area (Å²) >= 11 is 0. The summed E-state index contributed by atoms with van der Waals surface area (Å²) in [4.78, 5) is 12.1. The molecule has 0 bridgehead atoms. The van der Waals surface area contributed by atoms with E-state index in [1.807, 2.05) is 0 Å². The molecular weight excluding hydrogens is 335 g/mol. The van der Waals surface area contributed by atoms with Crippen LogP contribution in [0.25, 0.3) is 11.3 Å². The molecule has 0 N–H and O–H groups in total. The topological polar surface area (TPSA) is 60.9 Å². The molecule has 0 saturated carbocycles. The van der Waals surface area contributed by atoms with Crippen molar-refractivity contribution in [3.63, 3.8) is 0 Å². The Hall–Kier alpha value is -2.90. The molecule has 0 aliphatic rings. The number of hydrogen-bond acceptors (Lipinski definition) is 4. The predicted molar refractivity (Wildman–Crippen MR) is 84.0 cm³/mol. The molecule has 8 heteroatoms. The highest BCUT2D eigenvalue weighted by Gasteiger charge is 2.33. The Morgan fingerprint density at radius 2 is 1.84 bits per heavy atom. The van der Waals surface area contributed by atoms with E-state index in [-0.39, 0.29) is 12.1 Å². The lowest BCUT2D eigenvalue weighted by Crippen LogP contribution is -2.24. The minimum atomic E-state index is -4.50. The second-order valence-electron chi connectivity index (χ2n) is 5.57. The molecule has 0 fully saturated rings. The molecule has 0 atom stereocenters. The third-order valence-corrected chi connectivity index (χ3v) is 3.80. The van der Waals surface area contributed by atoms with Crippen molar-refractivity contribution in [1.29, 1.82) is 0 Å². The SMILES string of the molecule is Cc1noc(C)c1-c1ccc(=O)n(Cc2ccccc2C(F)(F)F)n1. The lowest BCUT2D eigenvalue weighted by atomic mass is 10.1. The normalized spacial score (nSPS) is 11.7. The van der Waals surface area contributed by atoms with Crippen molar-refractivity contribution in [2.45, 2.75) is 26.6 Å². The molecule has 5 nitrogen and oxygen atoms in total. The van der Waals surface area contributed by atoms with E-state index in [1.165, 1.54) is 30.3 Å². The maximum absolute atomic E-state index is 13.1. The van der Waals surface area contributed by atoms with Gasteiger partial charge in [-0.15, -0.1) is 0 Å². The van der Waals surface area contributed by atoms with Gasteiger partial charge in [0, 0.05) is 6.07 Å². The zero-order chi connectivity index (χ0) is 18.2. The van der Waals surface area contributed by atoms with Crippen LogP contribution in [0.5, 0.6) is 0 Å². The lowest BCUT2D eigenvalue weighted by Gasteiger charge is -2.13. The number of hydrogen-bond donors (Lipinski definition) is 0. The highest BCUT2D eigenvalue weighted by Crippen LogP contribution is 2.32. The van der Waals surface area contributed by atoms with E-state index in [2.05, 4.69) is 10.3 Å². The van der Waals surface area contributed by atoms with Gasteiger partial charge in [0.1, 0.15) is 5.76 Å². The van der Waals surface area contributed by atoms with Crippen molar-refractivity contribution in [3.8, 4) is 11.3 Å². The predicted octanol–water partition coefficient (Wildman–Crippen LogP) is 3.58. The van der Waals surface area contributed by atoms with Gasteiger partial charge < -0.3 is 4.52 Å². The van der Waals surface area contributed by atoms with Crippen LogP contribution in [0.3, 0.4) is 0 Å². The van der Waals surface area contributed by atoms with Gasteiger partial charge in [-0.05, 0) is 31.5 Å². The Morgan fingerprint density at radius 1 is 1.12 bits per heavy atom. The fraction of sp³-hybridized carbons (Fsp3) is 0.235. The van der Waals surface area contributed by atoms with Gasteiger partial charge in [-0.2, -0.15) is 18.3 Å². The zero-order valence-electron chi connectivity index (χ0n) is 13.5. The van der Waals surface area contributed by atoms with E-state index in [1.54, 1.807) is 13.8 Å². The van der Waals surface area contributed by atoms with Crippen LogP contribution in [-0.2, 0) is 12.7 Å². The van der Waals surface area contributed by atoms with Crippen molar-refractivity contribution in [1.82, 2.24) is 14.9 Å². The van der Waals surface area contributed by atoms with Gasteiger partial charge in [-0.1, -0.05) is 23.4 Å². The van der Waals surface area contributed by atoms with E-state index in [0.717, 1.165) is 10.7 Å². The smallest absolute Gasteiger partial charge is 0.361 e. The number of aromatic nitrogens is 3. The summed E-state index contributed by atoms with van der Waals surface area (Å²) in [5.74, 6) is 0.519. The van der Waals surface area contributed by atoms with E-state index >= 15 is 0 Å². The molecular formula is C17H14F3N3O2. The largest absolute Gasteiger partial charge is 0.416 e. The van der Waals surface area contributed by atoms with Crippen LogP contribution in [0.2, 0.25) is 0 Å². The summed E-state index contributed by atoms with van der Waals surface area (Å²) in [6, 6.07) is 7.89. The van der Waals surface area contributed by atoms with Crippen molar-refractivity contribution in [2.75, 3.05) is 0 Å². The van der Waals surface area contributed by atoms with Crippen LogP contribution >= 0.6 is 0 Å². The van der Waals surface area contributed by atoms with Crippen LogP contribution in [0.4, 0.5) is 13.2 Å². The van der Waals surface area contributed by atoms with E-state index in [4.69, 9.17) is 4.52 Å². The summed E-state index contributed by atoms with van der Waals surface area (Å²) < 4.78 is 45.5. The lowest BCUT2D eigenvalue weighted by molar-refractivity contribution is -0.138. The molecule has 2 heterocycles. The summed E-state index contributed by atoms with van der Waals surface area (Å²) in [6.45, 7) is 3.14. The van der Waals surface area contributed by atoms with Crippen molar-refractivity contribution in [3.05, 3.63) is 69.3 Å². The van der Waals surface area contributed by atoms with Crippen molar-refractivity contribution < 1.29 is 17.7 Å². The van der Waals surface area contributed by atoms with Crippen molar-refractivity contribution in [2.24, 2.45) is 0 Å². The Labute approximate surface area is 140 Å². The third-order valence-electron chi connectivity index (χ3n) is 3.80. The highest BCUT2D eigenvalue weighted by atomic mass is 19.4. The average molecular weight is 349 g/mol. The fourth-order valence-electron chi connectivity index (χ4n) is 2.64. The third kappa shape index (κ3) is 3.33. The molecule has 130 valence electrons. The molecule has 1 aromatic carbocycles. The molecule has 0 aliphatic heterocycles. The molecule has 0 saturated heterocycles. The van der Waals surface area contributed by atoms with E-state index in [9.17, 15) is 18.0 Å². The quantitative estimate of drug-likeness (QED) is 0.725. The Morgan fingerprint density at radius 3 is 2.48 bits per heavy atom. The van der Waals surface area contributed by atoms with E-state index < -0.39 is 17.3 Å². The standard InChI is InChI=1S/C17H14F3N3O2/c1-10-16(11(2)25-22-10)14-7-8-15(24)23(21-14)9-12-5-3-4-6-13(12)17(18,19)20/h3-8H,9H2,1-2H3. The molecule has 3 rings (SSSR count). The van der Waals surface area contributed by atoms with Gasteiger partial charge in [0.25, 0.3) is 5.56 Å². The number of alkyl halides is 3. The van der Waals surface area contributed by atoms with Gasteiger partial charge in [-0.25, -0.2) is 4.68 Å². The molecule has 2 aromatic heterocycles. The number of nitrogens with zero attached hydrogens (tertiary/aromatic N) is 3. The number of halogens is 3. The minimum absolute atomic E-state index is 0.0273. The number of benzene rings is 1. The molecule has 0 spiro atoms.